The zero-order valence-electron chi connectivity index (χ0n) is 15.9. The average molecular weight is 366 g/mol. The molecule has 1 saturated carbocycles. The number of nitrogens with zero attached hydrogens (tertiary/aromatic N) is 2. The van der Waals surface area contributed by atoms with Crippen molar-refractivity contribution in [1.29, 1.82) is 0 Å². The summed E-state index contributed by atoms with van der Waals surface area (Å²) in [4.78, 5) is 43.2. The van der Waals surface area contributed by atoms with Crippen LogP contribution in [-0.4, -0.2) is 46.4 Å². The van der Waals surface area contributed by atoms with Crippen LogP contribution in [0.5, 0.6) is 0 Å². The Bertz CT molecular complexity index is 815. The van der Waals surface area contributed by atoms with Crippen molar-refractivity contribution in [2.45, 2.75) is 57.9 Å². The van der Waals surface area contributed by atoms with Crippen molar-refractivity contribution in [3.8, 4) is 0 Å². The Morgan fingerprint density at radius 2 is 1.52 bits per heavy atom. The SMILES string of the molecule is CC(=O)N(C1=C(N2CCCCC2)C(=O)c2ccccc2C1=O)C1CCCC1. The van der Waals surface area contributed by atoms with Gasteiger partial charge in [-0.2, -0.15) is 0 Å². The fraction of sp³-hybridized carbons (Fsp3) is 0.500. The second-order valence-corrected chi connectivity index (χ2v) is 7.78. The van der Waals surface area contributed by atoms with Crippen LogP contribution < -0.4 is 0 Å². The van der Waals surface area contributed by atoms with E-state index >= 15 is 0 Å². The van der Waals surface area contributed by atoms with Gasteiger partial charge in [0, 0.05) is 37.2 Å². The van der Waals surface area contributed by atoms with E-state index in [-0.39, 0.29) is 23.5 Å². The van der Waals surface area contributed by atoms with Crippen molar-refractivity contribution >= 4 is 17.5 Å². The Morgan fingerprint density at radius 3 is 2.11 bits per heavy atom. The summed E-state index contributed by atoms with van der Waals surface area (Å²) < 4.78 is 0. The Labute approximate surface area is 160 Å². The van der Waals surface area contributed by atoms with Crippen LogP contribution >= 0.6 is 0 Å². The first-order valence-electron chi connectivity index (χ1n) is 10.1. The molecule has 0 atom stereocenters. The number of Topliss-reactive ketones (excluding diaryl/α,β-unsaturated/α-hetero) is 2. The number of allylic oxidation sites excluding steroid dienone is 2. The molecule has 0 spiro atoms. The lowest BCUT2D eigenvalue weighted by Gasteiger charge is -2.38. The fourth-order valence-corrected chi connectivity index (χ4v) is 4.74. The number of carbonyl (C=O) groups excluding carboxylic acids is 3. The summed E-state index contributed by atoms with van der Waals surface area (Å²) >= 11 is 0. The lowest BCUT2D eigenvalue weighted by Crippen LogP contribution is -2.46. The summed E-state index contributed by atoms with van der Waals surface area (Å²) in [6, 6.07) is 7.02. The predicted molar refractivity (Wildman–Crippen MR) is 102 cm³/mol. The van der Waals surface area contributed by atoms with E-state index in [9.17, 15) is 14.4 Å². The molecule has 4 rings (SSSR count). The summed E-state index contributed by atoms with van der Waals surface area (Å²) in [5, 5.41) is 0. The molecule has 1 amide bonds. The maximum atomic E-state index is 13.5. The van der Waals surface area contributed by atoms with Gasteiger partial charge in [-0.3, -0.25) is 14.4 Å². The van der Waals surface area contributed by atoms with E-state index in [4.69, 9.17) is 0 Å². The molecule has 1 aromatic carbocycles. The number of piperidine rings is 1. The lowest BCUT2D eigenvalue weighted by atomic mass is 9.87. The standard InChI is InChI=1S/C22H26N2O3/c1-15(25)24(16-9-3-4-10-16)20-19(23-13-7-2-8-14-23)21(26)17-11-5-6-12-18(17)22(20)27/h5-6,11-12,16H,2-4,7-10,13-14H2,1H3. The highest BCUT2D eigenvalue weighted by atomic mass is 16.2. The molecular weight excluding hydrogens is 340 g/mol. The Kier molecular flexibility index (Phi) is 4.85. The van der Waals surface area contributed by atoms with Crippen molar-refractivity contribution in [2.75, 3.05) is 13.1 Å². The van der Waals surface area contributed by atoms with Crippen LogP contribution in [0.25, 0.3) is 0 Å². The van der Waals surface area contributed by atoms with E-state index < -0.39 is 0 Å². The molecule has 1 heterocycles. The third-order valence-electron chi connectivity index (χ3n) is 6.01. The van der Waals surface area contributed by atoms with Gasteiger partial charge in [-0.15, -0.1) is 0 Å². The van der Waals surface area contributed by atoms with Crippen LogP contribution in [-0.2, 0) is 4.79 Å². The molecular formula is C22H26N2O3. The smallest absolute Gasteiger partial charge is 0.224 e. The zero-order chi connectivity index (χ0) is 19.0. The van der Waals surface area contributed by atoms with Gasteiger partial charge in [0.1, 0.15) is 11.4 Å². The van der Waals surface area contributed by atoms with Gasteiger partial charge < -0.3 is 9.80 Å². The number of ketones is 2. The van der Waals surface area contributed by atoms with Crippen molar-refractivity contribution in [3.05, 3.63) is 46.8 Å². The summed E-state index contributed by atoms with van der Waals surface area (Å²) in [5.74, 6) is -0.453. The van der Waals surface area contributed by atoms with E-state index in [0.29, 0.717) is 22.5 Å². The zero-order valence-corrected chi connectivity index (χ0v) is 15.9. The second-order valence-electron chi connectivity index (χ2n) is 7.78. The van der Waals surface area contributed by atoms with Crippen LogP contribution in [0.3, 0.4) is 0 Å². The van der Waals surface area contributed by atoms with Crippen molar-refractivity contribution < 1.29 is 14.4 Å². The van der Waals surface area contributed by atoms with Crippen molar-refractivity contribution in [2.24, 2.45) is 0 Å². The third kappa shape index (κ3) is 3.09. The summed E-state index contributed by atoms with van der Waals surface area (Å²) in [7, 11) is 0. The molecule has 142 valence electrons. The first kappa shape index (κ1) is 18.0. The van der Waals surface area contributed by atoms with Gasteiger partial charge in [0.25, 0.3) is 0 Å². The summed E-state index contributed by atoms with van der Waals surface area (Å²) in [5.41, 5.74) is 1.64. The maximum absolute atomic E-state index is 13.5. The molecule has 0 radical (unpaired) electrons. The minimum Gasteiger partial charge on any atom is -0.367 e. The molecule has 0 aromatic heterocycles. The van der Waals surface area contributed by atoms with Gasteiger partial charge in [0.05, 0.1) is 0 Å². The van der Waals surface area contributed by atoms with Crippen molar-refractivity contribution in [1.82, 2.24) is 9.80 Å². The number of amides is 1. The number of likely N-dealkylation sites (tertiary alicyclic amines) is 1. The molecule has 27 heavy (non-hydrogen) atoms. The molecule has 0 unspecified atom stereocenters. The quantitative estimate of drug-likeness (QED) is 0.821. The number of benzene rings is 1. The van der Waals surface area contributed by atoms with E-state index in [0.717, 1.165) is 58.0 Å². The van der Waals surface area contributed by atoms with Gasteiger partial charge in [-0.05, 0) is 32.1 Å². The Hall–Kier alpha value is -2.43. The van der Waals surface area contributed by atoms with E-state index in [1.807, 2.05) is 4.90 Å². The number of fused-ring (bicyclic) bond motifs is 1. The monoisotopic (exact) mass is 366 g/mol. The minimum atomic E-state index is -0.187. The molecule has 0 bridgehead atoms. The van der Waals surface area contributed by atoms with Crippen LogP contribution in [0.2, 0.25) is 0 Å². The van der Waals surface area contributed by atoms with E-state index in [1.54, 1.807) is 29.2 Å². The Morgan fingerprint density at radius 1 is 0.926 bits per heavy atom. The molecule has 1 aliphatic heterocycles. The molecule has 5 nitrogen and oxygen atoms in total. The first-order chi connectivity index (χ1) is 13.1. The van der Waals surface area contributed by atoms with Gasteiger partial charge in [0.2, 0.25) is 17.5 Å². The number of hydrogen-bond acceptors (Lipinski definition) is 4. The number of carbonyl (C=O) groups is 3. The molecule has 3 aliphatic rings. The highest BCUT2D eigenvalue weighted by molar-refractivity contribution is 6.27. The van der Waals surface area contributed by atoms with E-state index in [1.165, 1.54) is 6.92 Å². The average Bonchev–Trinajstić information content (AvgIpc) is 3.21. The minimum absolute atomic E-state index is 0.0132. The fourth-order valence-electron chi connectivity index (χ4n) is 4.74. The first-order valence-corrected chi connectivity index (χ1v) is 10.1. The largest absolute Gasteiger partial charge is 0.367 e. The van der Waals surface area contributed by atoms with Gasteiger partial charge in [-0.25, -0.2) is 0 Å². The number of rotatable bonds is 3. The highest BCUT2D eigenvalue weighted by Gasteiger charge is 2.41. The number of hydrogen-bond donors (Lipinski definition) is 0. The van der Waals surface area contributed by atoms with Crippen LogP contribution in [0.4, 0.5) is 0 Å². The van der Waals surface area contributed by atoms with Gasteiger partial charge in [0.15, 0.2) is 0 Å². The van der Waals surface area contributed by atoms with Gasteiger partial charge in [-0.1, -0.05) is 37.1 Å². The van der Waals surface area contributed by atoms with Crippen molar-refractivity contribution in [3.63, 3.8) is 0 Å². The van der Waals surface area contributed by atoms with Crippen LogP contribution in [0, 0.1) is 0 Å². The molecule has 2 aliphatic carbocycles. The summed E-state index contributed by atoms with van der Waals surface area (Å²) in [6.45, 7) is 3.03. The maximum Gasteiger partial charge on any atom is 0.224 e. The topological polar surface area (TPSA) is 57.7 Å². The Balaban J connectivity index is 1.89. The summed E-state index contributed by atoms with van der Waals surface area (Å²) in [6.07, 6.45) is 7.03. The molecule has 1 saturated heterocycles. The van der Waals surface area contributed by atoms with E-state index in [2.05, 4.69) is 0 Å². The van der Waals surface area contributed by atoms with Gasteiger partial charge >= 0.3 is 0 Å². The normalized spacial score (nSPS) is 20.9. The molecule has 1 aromatic rings. The second kappa shape index (κ2) is 7.29. The van der Waals surface area contributed by atoms with Crippen LogP contribution in [0.1, 0.15) is 72.6 Å². The predicted octanol–water partition coefficient (Wildman–Crippen LogP) is 3.55. The van der Waals surface area contributed by atoms with Crippen LogP contribution in [0.15, 0.2) is 35.7 Å². The molecule has 5 heteroatoms. The molecule has 0 N–H and O–H groups in total. The third-order valence-corrected chi connectivity index (χ3v) is 6.01. The lowest BCUT2D eigenvalue weighted by molar-refractivity contribution is -0.128. The molecule has 2 fully saturated rings. The highest BCUT2D eigenvalue weighted by Crippen LogP contribution is 2.35.